The van der Waals surface area contributed by atoms with E-state index in [9.17, 15) is 4.39 Å². The average Bonchev–Trinajstić information content (AvgIpc) is 3.29. The summed E-state index contributed by atoms with van der Waals surface area (Å²) in [7, 11) is 3.49. The molecule has 0 unspecified atom stereocenters. The highest BCUT2D eigenvalue weighted by Crippen LogP contribution is 2.26. The number of ether oxygens (including phenoxy) is 1. The van der Waals surface area contributed by atoms with Crippen molar-refractivity contribution in [2.24, 2.45) is 7.05 Å². The van der Waals surface area contributed by atoms with Crippen LogP contribution in [0.2, 0.25) is 0 Å². The Bertz CT molecular complexity index is 1070. The molecule has 4 aromatic rings. The number of nitrogens with zero attached hydrogens (tertiary/aromatic N) is 5. The molecule has 0 aliphatic carbocycles. The minimum absolute atomic E-state index is 0.254. The lowest BCUT2D eigenvalue weighted by Crippen LogP contribution is -2.03. The van der Waals surface area contributed by atoms with Crippen LogP contribution in [-0.2, 0) is 19.9 Å². The lowest BCUT2D eigenvalue weighted by molar-refractivity contribution is 0.404. The standard InChI is InChI=1S/C19H18FN5O/c1-24-11-21-10-17(24)15-9-7-13(25-12-22-23-19(15)25)6-8-14-16(20)4-3-5-18(14)26-2/h3-5,7,9-12H,6,8H2,1-2H3. The third-order valence-corrected chi connectivity index (χ3v) is 4.56. The molecule has 1 aromatic carbocycles. The molecule has 0 aliphatic heterocycles. The van der Waals surface area contributed by atoms with E-state index in [1.165, 1.54) is 6.07 Å². The maximum atomic E-state index is 14.2. The van der Waals surface area contributed by atoms with Gasteiger partial charge in [-0.05, 0) is 37.1 Å². The number of hydrogen-bond donors (Lipinski definition) is 0. The van der Waals surface area contributed by atoms with E-state index in [1.54, 1.807) is 38.1 Å². The van der Waals surface area contributed by atoms with Crippen LogP contribution < -0.4 is 4.74 Å². The van der Waals surface area contributed by atoms with E-state index in [2.05, 4.69) is 15.2 Å². The van der Waals surface area contributed by atoms with Gasteiger partial charge in [-0.2, -0.15) is 0 Å². The van der Waals surface area contributed by atoms with E-state index in [0.29, 0.717) is 24.2 Å². The highest BCUT2D eigenvalue weighted by Gasteiger charge is 2.14. The predicted octanol–water partition coefficient (Wildman–Crippen LogP) is 3.06. The Morgan fingerprint density at radius 3 is 2.77 bits per heavy atom. The highest BCUT2D eigenvalue weighted by atomic mass is 19.1. The molecule has 0 fully saturated rings. The Morgan fingerprint density at radius 1 is 1.12 bits per heavy atom. The van der Waals surface area contributed by atoms with Gasteiger partial charge in [-0.1, -0.05) is 6.07 Å². The molecule has 132 valence electrons. The minimum atomic E-state index is -0.254. The van der Waals surface area contributed by atoms with E-state index < -0.39 is 0 Å². The molecule has 0 atom stereocenters. The van der Waals surface area contributed by atoms with Crippen molar-refractivity contribution in [3.8, 4) is 17.0 Å². The van der Waals surface area contributed by atoms with Crippen molar-refractivity contribution < 1.29 is 9.13 Å². The average molecular weight is 351 g/mol. The van der Waals surface area contributed by atoms with Gasteiger partial charge in [-0.3, -0.25) is 4.40 Å². The summed E-state index contributed by atoms with van der Waals surface area (Å²) < 4.78 is 23.3. The number of pyridine rings is 1. The molecule has 0 bridgehead atoms. The third-order valence-electron chi connectivity index (χ3n) is 4.56. The lowest BCUT2D eigenvalue weighted by atomic mass is 10.0. The first kappa shape index (κ1) is 16.3. The predicted molar refractivity (Wildman–Crippen MR) is 95.5 cm³/mol. The molecular weight excluding hydrogens is 333 g/mol. The summed E-state index contributed by atoms with van der Waals surface area (Å²) >= 11 is 0. The van der Waals surface area contributed by atoms with Crippen LogP contribution in [0.15, 0.2) is 49.2 Å². The van der Waals surface area contributed by atoms with Crippen LogP contribution in [0, 0.1) is 5.82 Å². The molecule has 6 nitrogen and oxygen atoms in total. The minimum Gasteiger partial charge on any atom is -0.496 e. The second kappa shape index (κ2) is 6.59. The number of aromatic nitrogens is 5. The van der Waals surface area contributed by atoms with Gasteiger partial charge in [0.25, 0.3) is 0 Å². The van der Waals surface area contributed by atoms with Crippen LogP contribution in [0.3, 0.4) is 0 Å². The third kappa shape index (κ3) is 2.71. The Balaban J connectivity index is 1.69. The van der Waals surface area contributed by atoms with E-state index in [0.717, 1.165) is 22.6 Å². The fraction of sp³-hybridized carbons (Fsp3) is 0.211. The van der Waals surface area contributed by atoms with Crippen molar-refractivity contribution in [2.75, 3.05) is 7.11 Å². The molecule has 3 aromatic heterocycles. The van der Waals surface area contributed by atoms with Crippen molar-refractivity contribution in [1.29, 1.82) is 0 Å². The van der Waals surface area contributed by atoms with Gasteiger partial charge < -0.3 is 9.30 Å². The summed E-state index contributed by atoms with van der Waals surface area (Å²) in [5.74, 6) is 0.312. The van der Waals surface area contributed by atoms with Gasteiger partial charge in [-0.15, -0.1) is 10.2 Å². The molecule has 0 aliphatic rings. The van der Waals surface area contributed by atoms with Crippen molar-refractivity contribution >= 4 is 5.65 Å². The zero-order chi connectivity index (χ0) is 18.1. The van der Waals surface area contributed by atoms with Gasteiger partial charge in [-0.25, -0.2) is 9.37 Å². The Labute approximate surface area is 149 Å². The van der Waals surface area contributed by atoms with E-state index in [1.807, 2.05) is 28.1 Å². The molecular formula is C19H18FN5O. The maximum absolute atomic E-state index is 14.2. The Kier molecular flexibility index (Phi) is 4.12. The first-order chi connectivity index (χ1) is 12.7. The van der Waals surface area contributed by atoms with Crippen LogP contribution >= 0.6 is 0 Å². The van der Waals surface area contributed by atoms with Crippen LogP contribution in [-0.4, -0.2) is 31.3 Å². The summed E-state index contributed by atoms with van der Waals surface area (Å²) in [5.41, 5.74) is 4.25. The fourth-order valence-electron chi connectivity index (χ4n) is 3.21. The Morgan fingerprint density at radius 2 is 2.00 bits per heavy atom. The largest absolute Gasteiger partial charge is 0.496 e. The van der Waals surface area contributed by atoms with Gasteiger partial charge in [0.2, 0.25) is 0 Å². The summed E-state index contributed by atoms with van der Waals surface area (Å²) in [6.07, 6.45) is 6.39. The number of fused-ring (bicyclic) bond motifs is 1. The smallest absolute Gasteiger partial charge is 0.170 e. The van der Waals surface area contributed by atoms with Gasteiger partial charge >= 0.3 is 0 Å². The lowest BCUT2D eigenvalue weighted by Gasteiger charge is -2.11. The van der Waals surface area contributed by atoms with Gasteiger partial charge in [0, 0.05) is 23.9 Å². The first-order valence-corrected chi connectivity index (χ1v) is 8.28. The number of aryl methyl sites for hydroxylation is 2. The van der Waals surface area contributed by atoms with Crippen LogP contribution in [0.1, 0.15) is 11.3 Å². The summed E-state index contributed by atoms with van der Waals surface area (Å²) in [5, 5.41) is 8.31. The molecule has 0 saturated carbocycles. The Hall–Kier alpha value is -3.22. The topological polar surface area (TPSA) is 57.2 Å². The zero-order valence-corrected chi connectivity index (χ0v) is 14.6. The van der Waals surface area contributed by atoms with E-state index >= 15 is 0 Å². The SMILES string of the molecule is COc1cccc(F)c1CCc1ccc(-c2cncn2C)c2nncn12. The molecule has 0 radical (unpaired) electrons. The number of benzene rings is 1. The maximum Gasteiger partial charge on any atom is 0.170 e. The molecule has 0 spiro atoms. The number of imidazole rings is 1. The number of hydrogen-bond acceptors (Lipinski definition) is 4. The van der Waals surface area contributed by atoms with E-state index in [-0.39, 0.29) is 5.82 Å². The fourth-order valence-corrected chi connectivity index (χ4v) is 3.21. The first-order valence-electron chi connectivity index (χ1n) is 8.28. The zero-order valence-electron chi connectivity index (χ0n) is 14.6. The second-order valence-corrected chi connectivity index (χ2v) is 6.07. The quantitative estimate of drug-likeness (QED) is 0.554. The van der Waals surface area contributed by atoms with Crippen molar-refractivity contribution in [3.05, 3.63) is 66.3 Å². The van der Waals surface area contributed by atoms with Crippen LogP contribution in [0.4, 0.5) is 4.39 Å². The van der Waals surface area contributed by atoms with Crippen molar-refractivity contribution in [1.82, 2.24) is 24.1 Å². The van der Waals surface area contributed by atoms with Gasteiger partial charge in [0.15, 0.2) is 5.65 Å². The molecule has 0 N–H and O–H groups in total. The number of rotatable bonds is 5. The monoisotopic (exact) mass is 351 g/mol. The molecule has 7 heteroatoms. The molecule has 3 heterocycles. The summed E-state index contributed by atoms with van der Waals surface area (Å²) in [6, 6.07) is 8.91. The second-order valence-electron chi connectivity index (χ2n) is 6.07. The van der Waals surface area contributed by atoms with E-state index in [4.69, 9.17) is 4.74 Å². The van der Waals surface area contributed by atoms with Crippen molar-refractivity contribution in [3.63, 3.8) is 0 Å². The normalized spacial score (nSPS) is 11.2. The molecule has 0 amide bonds. The number of halogens is 1. The molecule has 26 heavy (non-hydrogen) atoms. The van der Waals surface area contributed by atoms with Crippen molar-refractivity contribution in [2.45, 2.75) is 12.8 Å². The number of methoxy groups -OCH3 is 1. The van der Waals surface area contributed by atoms with Crippen LogP contribution in [0.25, 0.3) is 16.9 Å². The molecule has 0 saturated heterocycles. The summed E-state index contributed by atoms with van der Waals surface area (Å²) in [6.45, 7) is 0. The van der Waals surface area contributed by atoms with Gasteiger partial charge in [0.1, 0.15) is 17.9 Å². The van der Waals surface area contributed by atoms with Crippen LogP contribution in [0.5, 0.6) is 5.75 Å². The highest BCUT2D eigenvalue weighted by molar-refractivity contribution is 5.75. The molecule has 4 rings (SSSR count). The van der Waals surface area contributed by atoms with Gasteiger partial charge in [0.05, 0.1) is 25.3 Å². The summed E-state index contributed by atoms with van der Waals surface area (Å²) in [4.78, 5) is 4.17.